The van der Waals surface area contributed by atoms with Gasteiger partial charge >= 0.3 is 0 Å². The molecule has 2 rings (SSSR count). The highest BCUT2D eigenvalue weighted by Gasteiger charge is 2.12. The third kappa shape index (κ3) is 4.99. The Bertz CT molecular complexity index is 646. The van der Waals surface area contributed by atoms with Crippen LogP contribution in [-0.2, 0) is 11.3 Å². The lowest BCUT2D eigenvalue weighted by Gasteiger charge is -2.15. The van der Waals surface area contributed by atoms with Gasteiger partial charge in [0.15, 0.2) is 6.54 Å². The van der Waals surface area contributed by atoms with Gasteiger partial charge in [-0.2, -0.15) is 0 Å². The maximum Gasteiger partial charge on any atom is 0.279 e. The van der Waals surface area contributed by atoms with Gasteiger partial charge in [0.2, 0.25) is 0 Å². The van der Waals surface area contributed by atoms with E-state index < -0.39 is 0 Å². The molecule has 4 nitrogen and oxygen atoms in total. The van der Waals surface area contributed by atoms with Crippen LogP contribution >= 0.6 is 22.6 Å². The number of carbonyl (C=O) groups excluding carboxylic acids is 1. The number of likely N-dealkylation sites (N-methyl/N-ethyl adjacent to an activating group) is 1. The Labute approximate surface area is 144 Å². The first-order valence-electron chi connectivity index (χ1n) is 7.07. The number of para-hydroxylation sites is 1. The van der Waals surface area contributed by atoms with Crippen LogP contribution in [-0.4, -0.2) is 26.6 Å². The molecule has 2 N–H and O–H groups in total. The fourth-order valence-corrected chi connectivity index (χ4v) is 2.75. The minimum atomic E-state index is 0.0181. The number of rotatable bonds is 6. The predicted molar refractivity (Wildman–Crippen MR) is 96.2 cm³/mol. The van der Waals surface area contributed by atoms with Crippen LogP contribution in [0.4, 0.5) is 5.69 Å². The average molecular weight is 411 g/mol. The van der Waals surface area contributed by atoms with Crippen molar-refractivity contribution in [2.24, 2.45) is 0 Å². The molecule has 2 aromatic rings. The number of carbonyl (C=O) groups is 1. The van der Waals surface area contributed by atoms with Crippen LogP contribution in [0.2, 0.25) is 0 Å². The van der Waals surface area contributed by atoms with E-state index in [1.807, 2.05) is 55.6 Å². The summed E-state index contributed by atoms with van der Waals surface area (Å²) < 4.78 is 6.26. The Morgan fingerprint density at radius 3 is 2.73 bits per heavy atom. The molecule has 1 atom stereocenters. The minimum Gasteiger partial charge on any atom is -0.497 e. The second-order valence-corrected chi connectivity index (χ2v) is 6.35. The number of anilines is 1. The first-order chi connectivity index (χ1) is 10.6. The number of hydrogen-bond acceptors (Lipinski definition) is 2. The molecule has 22 heavy (non-hydrogen) atoms. The average Bonchev–Trinajstić information content (AvgIpc) is 2.49. The minimum absolute atomic E-state index is 0.0181. The molecule has 0 heterocycles. The van der Waals surface area contributed by atoms with E-state index in [2.05, 4.69) is 27.9 Å². The molecule has 1 unspecified atom stereocenters. The van der Waals surface area contributed by atoms with Crippen LogP contribution in [0.1, 0.15) is 5.56 Å². The van der Waals surface area contributed by atoms with E-state index in [-0.39, 0.29) is 5.91 Å². The van der Waals surface area contributed by atoms with Gasteiger partial charge in [0.1, 0.15) is 12.3 Å². The number of quaternary nitrogens is 1. The molecule has 0 aliphatic rings. The molecule has 0 aromatic heterocycles. The van der Waals surface area contributed by atoms with Gasteiger partial charge in [-0.25, -0.2) is 0 Å². The number of hydrogen-bond donors (Lipinski definition) is 2. The molecule has 0 fully saturated rings. The molecule has 116 valence electrons. The van der Waals surface area contributed by atoms with Crippen molar-refractivity contribution in [1.82, 2.24) is 0 Å². The van der Waals surface area contributed by atoms with Gasteiger partial charge in [-0.05, 0) is 46.9 Å². The fraction of sp³-hybridized carbons (Fsp3) is 0.235. The predicted octanol–water partition coefficient (Wildman–Crippen LogP) is 1.95. The van der Waals surface area contributed by atoms with E-state index in [0.717, 1.165) is 32.0 Å². The van der Waals surface area contributed by atoms with Crippen molar-refractivity contribution in [3.05, 3.63) is 57.7 Å². The van der Waals surface area contributed by atoms with Crippen molar-refractivity contribution < 1.29 is 14.4 Å². The zero-order chi connectivity index (χ0) is 15.9. The Morgan fingerprint density at radius 1 is 1.23 bits per heavy atom. The smallest absolute Gasteiger partial charge is 0.279 e. The third-order valence-electron chi connectivity index (χ3n) is 3.25. The van der Waals surface area contributed by atoms with Crippen LogP contribution in [0.5, 0.6) is 5.75 Å². The number of methoxy groups -OCH3 is 1. The number of halogens is 1. The standard InChI is InChI=1S/C17H19IN2O2/c1-20(11-13-6-5-7-14(10-13)22-2)12-17(21)19-16-9-4-3-8-15(16)18/h3-10H,11-12H2,1-2H3,(H,19,21)/p+1. The molecule has 0 spiro atoms. The van der Waals surface area contributed by atoms with Gasteiger partial charge < -0.3 is 15.0 Å². The molecule has 2 aromatic carbocycles. The van der Waals surface area contributed by atoms with E-state index in [1.165, 1.54) is 0 Å². The van der Waals surface area contributed by atoms with Crippen LogP contribution in [0.15, 0.2) is 48.5 Å². The highest BCUT2D eigenvalue weighted by Crippen LogP contribution is 2.16. The van der Waals surface area contributed by atoms with E-state index in [0.29, 0.717) is 6.54 Å². The normalized spacial score (nSPS) is 11.8. The second kappa shape index (κ2) is 8.14. The Hall–Kier alpha value is -1.60. The lowest BCUT2D eigenvalue weighted by molar-refractivity contribution is -0.885. The molecule has 0 bridgehead atoms. The summed E-state index contributed by atoms with van der Waals surface area (Å²) in [5, 5.41) is 2.96. The second-order valence-electron chi connectivity index (χ2n) is 5.19. The zero-order valence-corrected chi connectivity index (χ0v) is 14.9. The summed E-state index contributed by atoms with van der Waals surface area (Å²) in [5.41, 5.74) is 2.02. The monoisotopic (exact) mass is 411 g/mol. The maximum atomic E-state index is 12.1. The van der Waals surface area contributed by atoms with Gasteiger partial charge in [0.05, 0.1) is 19.8 Å². The van der Waals surface area contributed by atoms with Crippen molar-refractivity contribution >= 4 is 34.2 Å². The largest absolute Gasteiger partial charge is 0.497 e. The lowest BCUT2D eigenvalue weighted by Crippen LogP contribution is -3.08. The van der Waals surface area contributed by atoms with Crippen molar-refractivity contribution in [1.29, 1.82) is 0 Å². The third-order valence-corrected chi connectivity index (χ3v) is 4.19. The molecule has 0 aliphatic carbocycles. The summed E-state index contributed by atoms with van der Waals surface area (Å²) in [6, 6.07) is 15.7. The van der Waals surface area contributed by atoms with Crippen LogP contribution in [0.25, 0.3) is 0 Å². The summed E-state index contributed by atoms with van der Waals surface area (Å²) in [5.74, 6) is 0.859. The van der Waals surface area contributed by atoms with Crippen molar-refractivity contribution in [3.8, 4) is 5.75 Å². The van der Waals surface area contributed by atoms with Crippen molar-refractivity contribution in [3.63, 3.8) is 0 Å². The molecular weight excluding hydrogens is 391 g/mol. The highest BCUT2D eigenvalue weighted by atomic mass is 127. The Kier molecular flexibility index (Phi) is 6.21. The van der Waals surface area contributed by atoms with Crippen LogP contribution in [0.3, 0.4) is 0 Å². The SMILES string of the molecule is COc1cccc(C[NH+](C)CC(=O)Nc2ccccc2I)c1. The van der Waals surface area contributed by atoms with Crippen LogP contribution < -0.4 is 15.0 Å². The van der Waals surface area contributed by atoms with Gasteiger partial charge in [0, 0.05) is 9.13 Å². The van der Waals surface area contributed by atoms with Gasteiger partial charge in [-0.1, -0.05) is 24.3 Å². The first kappa shape index (κ1) is 16.8. The van der Waals surface area contributed by atoms with Crippen molar-refractivity contribution in [2.75, 3.05) is 26.0 Å². The van der Waals surface area contributed by atoms with E-state index in [9.17, 15) is 4.79 Å². The van der Waals surface area contributed by atoms with Crippen LogP contribution in [0, 0.1) is 3.57 Å². The highest BCUT2D eigenvalue weighted by molar-refractivity contribution is 14.1. The van der Waals surface area contributed by atoms with Gasteiger partial charge in [0.25, 0.3) is 5.91 Å². The summed E-state index contributed by atoms with van der Waals surface area (Å²) >= 11 is 2.22. The van der Waals surface area contributed by atoms with E-state index in [1.54, 1.807) is 7.11 Å². The summed E-state index contributed by atoms with van der Waals surface area (Å²) in [6.45, 7) is 1.19. The number of benzene rings is 2. The molecule has 0 radical (unpaired) electrons. The Balaban J connectivity index is 1.89. The summed E-state index contributed by atoms with van der Waals surface area (Å²) in [4.78, 5) is 13.3. The summed E-state index contributed by atoms with van der Waals surface area (Å²) in [6.07, 6.45) is 0. The fourth-order valence-electron chi connectivity index (χ4n) is 2.22. The number of amides is 1. The van der Waals surface area contributed by atoms with E-state index >= 15 is 0 Å². The first-order valence-corrected chi connectivity index (χ1v) is 8.15. The topological polar surface area (TPSA) is 42.8 Å². The number of ether oxygens (including phenoxy) is 1. The van der Waals surface area contributed by atoms with E-state index in [4.69, 9.17) is 4.74 Å². The van der Waals surface area contributed by atoms with Gasteiger partial charge in [-0.3, -0.25) is 4.79 Å². The Morgan fingerprint density at radius 2 is 2.00 bits per heavy atom. The summed E-state index contributed by atoms with van der Waals surface area (Å²) in [7, 11) is 3.67. The molecular formula is C17H20IN2O2+. The maximum absolute atomic E-state index is 12.1. The number of nitrogens with one attached hydrogen (secondary N) is 2. The van der Waals surface area contributed by atoms with Gasteiger partial charge in [-0.15, -0.1) is 0 Å². The lowest BCUT2D eigenvalue weighted by atomic mass is 10.2. The molecule has 0 saturated heterocycles. The molecule has 0 saturated carbocycles. The molecule has 5 heteroatoms. The van der Waals surface area contributed by atoms with Crippen molar-refractivity contribution in [2.45, 2.75) is 6.54 Å². The zero-order valence-electron chi connectivity index (χ0n) is 12.7. The molecule has 1 amide bonds. The quantitative estimate of drug-likeness (QED) is 0.714. The molecule has 0 aliphatic heterocycles.